The zero-order valence-corrected chi connectivity index (χ0v) is 12.0. The minimum absolute atomic E-state index is 0.184. The topological polar surface area (TPSA) is 29.1 Å². The van der Waals surface area contributed by atoms with E-state index in [1.807, 2.05) is 13.0 Å². The molecule has 0 bridgehead atoms. The molecule has 1 heterocycles. The Morgan fingerprint density at radius 2 is 2.00 bits per heavy atom. The van der Waals surface area contributed by atoms with Crippen molar-refractivity contribution in [1.29, 1.82) is 0 Å². The largest absolute Gasteiger partial charge is 0.321 e. The van der Waals surface area contributed by atoms with E-state index < -0.39 is 0 Å². The fourth-order valence-corrected chi connectivity index (χ4v) is 2.86. The maximum absolute atomic E-state index is 13.4. The number of carbonyl (C=O) groups excluding carboxylic acids is 1. The molecule has 0 atom stereocenters. The van der Waals surface area contributed by atoms with E-state index in [0.29, 0.717) is 16.1 Å². The molecule has 0 saturated carbocycles. The Morgan fingerprint density at radius 3 is 2.58 bits per heavy atom. The summed E-state index contributed by atoms with van der Waals surface area (Å²) in [6.07, 6.45) is 0.920. The van der Waals surface area contributed by atoms with Gasteiger partial charge in [-0.05, 0) is 49.6 Å². The van der Waals surface area contributed by atoms with Crippen LogP contribution in [-0.4, -0.2) is 5.91 Å². The van der Waals surface area contributed by atoms with Gasteiger partial charge >= 0.3 is 0 Å². The number of carbonyl (C=O) groups is 1. The maximum Gasteiger partial charge on any atom is 0.265 e. The van der Waals surface area contributed by atoms with E-state index in [1.165, 1.54) is 22.3 Å². The number of rotatable bonds is 3. The molecular weight excluding hydrogens is 261 g/mol. The van der Waals surface area contributed by atoms with Crippen LogP contribution in [0.3, 0.4) is 0 Å². The van der Waals surface area contributed by atoms with Gasteiger partial charge in [0.1, 0.15) is 5.82 Å². The summed E-state index contributed by atoms with van der Waals surface area (Å²) < 4.78 is 13.4. The van der Waals surface area contributed by atoms with Crippen molar-refractivity contribution < 1.29 is 9.18 Å². The Kier molecular flexibility index (Phi) is 4.00. The van der Waals surface area contributed by atoms with Crippen LogP contribution in [-0.2, 0) is 6.42 Å². The third-order valence-electron chi connectivity index (χ3n) is 3.00. The first-order valence-electron chi connectivity index (χ1n) is 6.18. The highest BCUT2D eigenvalue weighted by atomic mass is 32.1. The van der Waals surface area contributed by atoms with Crippen molar-refractivity contribution in [2.24, 2.45) is 0 Å². The molecule has 1 amide bonds. The van der Waals surface area contributed by atoms with E-state index in [1.54, 1.807) is 19.1 Å². The number of amides is 1. The lowest BCUT2D eigenvalue weighted by molar-refractivity contribution is 0.103. The molecule has 0 aliphatic rings. The van der Waals surface area contributed by atoms with Gasteiger partial charge in [-0.3, -0.25) is 4.79 Å². The molecule has 0 spiro atoms. The summed E-state index contributed by atoms with van der Waals surface area (Å²) in [4.78, 5) is 13.9. The SMILES string of the molecule is CCc1sc(C(=O)Nc2ccc(C)c(F)c2)cc1C. The molecule has 0 unspecified atom stereocenters. The highest BCUT2D eigenvalue weighted by Gasteiger charge is 2.12. The Labute approximate surface area is 116 Å². The molecule has 0 saturated heterocycles. The number of thiophene rings is 1. The van der Waals surface area contributed by atoms with Crippen LogP contribution in [0.5, 0.6) is 0 Å². The van der Waals surface area contributed by atoms with E-state index in [-0.39, 0.29) is 11.7 Å². The number of anilines is 1. The molecule has 0 radical (unpaired) electrons. The predicted octanol–water partition coefficient (Wildman–Crippen LogP) is 4.32. The first kappa shape index (κ1) is 13.7. The van der Waals surface area contributed by atoms with Crippen LogP contribution < -0.4 is 5.32 Å². The van der Waals surface area contributed by atoms with Crippen LogP contribution in [0.25, 0.3) is 0 Å². The Bertz CT molecular complexity index is 619. The monoisotopic (exact) mass is 277 g/mol. The summed E-state index contributed by atoms with van der Waals surface area (Å²) in [6.45, 7) is 5.75. The van der Waals surface area contributed by atoms with Gasteiger partial charge in [0.25, 0.3) is 5.91 Å². The van der Waals surface area contributed by atoms with Crippen molar-refractivity contribution in [2.45, 2.75) is 27.2 Å². The van der Waals surface area contributed by atoms with Crippen LogP contribution in [0.15, 0.2) is 24.3 Å². The number of nitrogens with one attached hydrogen (secondary N) is 1. The van der Waals surface area contributed by atoms with E-state index in [4.69, 9.17) is 0 Å². The van der Waals surface area contributed by atoms with E-state index in [9.17, 15) is 9.18 Å². The van der Waals surface area contributed by atoms with Crippen molar-refractivity contribution in [3.63, 3.8) is 0 Å². The third-order valence-corrected chi connectivity index (χ3v) is 4.38. The third kappa shape index (κ3) is 3.01. The summed E-state index contributed by atoms with van der Waals surface area (Å²) in [5.74, 6) is -0.495. The fourth-order valence-electron chi connectivity index (χ4n) is 1.85. The van der Waals surface area contributed by atoms with Crippen LogP contribution in [0.2, 0.25) is 0 Å². The molecule has 2 rings (SSSR count). The van der Waals surface area contributed by atoms with Gasteiger partial charge in [-0.2, -0.15) is 0 Å². The van der Waals surface area contributed by atoms with Crippen LogP contribution >= 0.6 is 11.3 Å². The zero-order valence-electron chi connectivity index (χ0n) is 11.2. The standard InChI is InChI=1S/C15H16FNOS/c1-4-13-10(3)7-14(19-13)15(18)17-11-6-5-9(2)12(16)8-11/h5-8H,4H2,1-3H3,(H,17,18). The maximum atomic E-state index is 13.4. The minimum atomic E-state index is -0.311. The van der Waals surface area contributed by atoms with Crippen molar-refractivity contribution in [3.8, 4) is 0 Å². The fraction of sp³-hybridized carbons (Fsp3) is 0.267. The lowest BCUT2D eigenvalue weighted by atomic mass is 10.2. The van der Waals surface area contributed by atoms with E-state index >= 15 is 0 Å². The Morgan fingerprint density at radius 1 is 1.26 bits per heavy atom. The number of aryl methyl sites for hydroxylation is 3. The number of hydrogen-bond donors (Lipinski definition) is 1. The lowest BCUT2D eigenvalue weighted by Crippen LogP contribution is -2.10. The Hall–Kier alpha value is -1.68. The summed E-state index contributed by atoms with van der Waals surface area (Å²) in [5.41, 5.74) is 2.18. The molecule has 100 valence electrons. The van der Waals surface area contributed by atoms with E-state index in [0.717, 1.165) is 12.0 Å². The van der Waals surface area contributed by atoms with Crippen LogP contribution in [0.4, 0.5) is 10.1 Å². The highest BCUT2D eigenvalue weighted by Crippen LogP contribution is 2.23. The molecule has 1 aromatic heterocycles. The van der Waals surface area contributed by atoms with Gasteiger partial charge in [-0.25, -0.2) is 4.39 Å². The van der Waals surface area contributed by atoms with Gasteiger partial charge in [0.15, 0.2) is 0 Å². The molecule has 1 aromatic carbocycles. The molecule has 4 heteroatoms. The highest BCUT2D eigenvalue weighted by molar-refractivity contribution is 7.14. The second-order valence-electron chi connectivity index (χ2n) is 4.49. The Balaban J connectivity index is 2.18. The molecular formula is C15H16FNOS. The summed E-state index contributed by atoms with van der Waals surface area (Å²) >= 11 is 1.49. The summed E-state index contributed by atoms with van der Waals surface area (Å²) in [6, 6.07) is 6.58. The predicted molar refractivity (Wildman–Crippen MR) is 77.5 cm³/mol. The van der Waals surface area contributed by atoms with Crippen molar-refractivity contribution in [1.82, 2.24) is 0 Å². The average Bonchev–Trinajstić information content (AvgIpc) is 2.75. The molecule has 0 aliphatic carbocycles. The zero-order chi connectivity index (χ0) is 14.0. The molecule has 2 aromatic rings. The lowest BCUT2D eigenvalue weighted by Gasteiger charge is -2.04. The van der Waals surface area contributed by atoms with Crippen LogP contribution in [0, 0.1) is 19.7 Å². The first-order chi connectivity index (χ1) is 9.01. The molecule has 0 aliphatic heterocycles. The molecule has 1 N–H and O–H groups in total. The van der Waals surface area contributed by atoms with Gasteiger partial charge < -0.3 is 5.32 Å². The average molecular weight is 277 g/mol. The van der Waals surface area contributed by atoms with Crippen LogP contribution in [0.1, 0.15) is 32.6 Å². The molecule has 2 nitrogen and oxygen atoms in total. The number of halogens is 1. The van der Waals surface area contributed by atoms with Crippen molar-refractivity contribution in [3.05, 3.63) is 51.0 Å². The van der Waals surface area contributed by atoms with Gasteiger partial charge in [0, 0.05) is 10.6 Å². The number of benzene rings is 1. The molecule has 0 fully saturated rings. The van der Waals surface area contributed by atoms with Gasteiger partial charge in [-0.15, -0.1) is 11.3 Å². The second-order valence-corrected chi connectivity index (χ2v) is 5.63. The quantitative estimate of drug-likeness (QED) is 0.889. The van der Waals surface area contributed by atoms with E-state index in [2.05, 4.69) is 12.2 Å². The van der Waals surface area contributed by atoms with Crippen molar-refractivity contribution >= 4 is 22.9 Å². The summed E-state index contributed by atoms with van der Waals surface area (Å²) in [5, 5.41) is 2.72. The van der Waals surface area contributed by atoms with Gasteiger partial charge in [0.2, 0.25) is 0 Å². The van der Waals surface area contributed by atoms with Gasteiger partial charge in [-0.1, -0.05) is 13.0 Å². The van der Waals surface area contributed by atoms with Gasteiger partial charge in [0.05, 0.1) is 4.88 Å². The minimum Gasteiger partial charge on any atom is -0.321 e. The summed E-state index contributed by atoms with van der Waals surface area (Å²) in [7, 11) is 0. The normalized spacial score (nSPS) is 10.5. The number of hydrogen-bond acceptors (Lipinski definition) is 2. The second kappa shape index (κ2) is 5.53. The molecule has 19 heavy (non-hydrogen) atoms. The smallest absolute Gasteiger partial charge is 0.265 e. The van der Waals surface area contributed by atoms with Crippen molar-refractivity contribution in [2.75, 3.05) is 5.32 Å². The first-order valence-corrected chi connectivity index (χ1v) is 6.99.